The molecule has 1 aromatic carbocycles. The summed E-state index contributed by atoms with van der Waals surface area (Å²) in [6.45, 7) is 1.98. The molecule has 0 saturated heterocycles. The topological polar surface area (TPSA) is 27.1 Å². The first kappa shape index (κ1) is 11.2. The van der Waals surface area contributed by atoms with Crippen molar-refractivity contribution < 1.29 is 4.74 Å². The molecule has 0 bridgehead atoms. The third-order valence-corrected chi connectivity index (χ3v) is 3.44. The lowest BCUT2D eigenvalue weighted by molar-refractivity contribution is 0.415. The van der Waals surface area contributed by atoms with Gasteiger partial charge in [0.15, 0.2) is 0 Å². The molecule has 1 aromatic heterocycles. The molecule has 0 aliphatic heterocycles. The first-order chi connectivity index (χ1) is 7.63. The standard InChI is InChI=1S/C12H13BrN2O/c1-8-11(13)12(15(2)14-8)9-5-4-6-10(7-9)16-3/h4-7H,1-3H3. The number of aryl methyl sites for hydroxylation is 2. The highest BCUT2D eigenvalue weighted by molar-refractivity contribution is 9.10. The van der Waals surface area contributed by atoms with Crippen LogP contribution in [0.5, 0.6) is 5.75 Å². The molecule has 0 N–H and O–H groups in total. The van der Waals surface area contributed by atoms with Crippen LogP contribution in [0.4, 0.5) is 0 Å². The zero-order valence-corrected chi connectivity index (χ0v) is 11.1. The van der Waals surface area contributed by atoms with Gasteiger partial charge in [-0.3, -0.25) is 4.68 Å². The largest absolute Gasteiger partial charge is 0.497 e. The normalized spacial score (nSPS) is 10.5. The first-order valence-electron chi connectivity index (χ1n) is 4.97. The summed E-state index contributed by atoms with van der Waals surface area (Å²) in [6.07, 6.45) is 0. The molecular weight excluding hydrogens is 268 g/mol. The smallest absolute Gasteiger partial charge is 0.119 e. The van der Waals surface area contributed by atoms with Crippen LogP contribution in [-0.4, -0.2) is 16.9 Å². The Hall–Kier alpha value is -1.29. The van der Waals surface area contributed by atoms with Gasteiger partial charge in [-0.2, -0.15) is 5.10 Å². The fourth-order valence-electron chi connectivity index (χ4n) is 1.72. The quantitative estimate of drug-likeness (QED) is 0.845. The molecule has 2 aromatic rings. The molecule has 0 fully saturated rings. The van der Waals surface area contributed by atoms with E-state index in [1.54, 1.807) is 7.11 Å². The average molecular weight is 281 g/mol. The number of methoxy groups -OCH3 is 1. The molecule has 0 aliphatic rings. The number of halogens is 1. The van der Waals surface area contributed by atoms with Crippen molar-refractivity contribution in [2.45, 2.75) is 6.92 Å². The summed E-state index contributed by atoms with van der Waals surface area (Å²) in [7, 11) is 3.61. The van der Waals surface area contributed by atoms with E-state index in [-0.39, 0.29) is 0 Å². The fraction of sp³-hybridized carbons (Fsp3) is 0.250. The van der Waals surface area contributed by atoms with Gasteiger partial charge in [-0.15, -0.1) is 0 Å². The molecule has 4 heteroatoms. The summed E-state index contributed by atoms with van der Waals surface area (Å²) in [4.78, 5) is 0. The van der Waals surface area contributed by atoms with Gasteiger partial charge < -0.3 is 4.74 Å². The third kappa shape index (κ3) is 1.85. The highest BCUT2D eigenvalue weighted by Gasteiger charge is 2.12. The Morgan fingerprint density at radius 1 is 1.38 bits per heavy atom. The van der Waals surface area contributed by atoms with Crippen molar-refractivity contribution in [2.24, 2.45) is 7.05 Å². The van der Waals surface area contributed by atoms with E-state index in [0.29, 0.717) is 0 Å². The van der Waals surface area contributed by atoms with E-state index in [2.05, 4.69) is 21.0 Å². The second-order valence-electron chi connectivity index (χ2n) is 3.60. The van der Waals surface area contributed by atoms with E-state index in [1.807, 2.05) is 42.9 Å². The highest BCUT2D eigenvalue weighted by atomic mass is 79.9. The molecule has 0 saturated carbocycles. The summed E-state index contributed by atoms with van der Waals surface area (Å²) in [5.74, 6) is 0.850. The minimum atomic E-state index is 0.850. The van der Waals surface area contributed by atoms with Gasteiger partial charge in [0.2, 0.25) is 0 Å². The van der Waals surface area contributed by atoms with Crippen LogP contribution in [0.3, 0.4) is 0 Å². The number of hydrogen-bond acceptors (Lipinski definition) is 2. The van der Waals surface area contributed by atoms with Gasteiger partial charge in [0, 0.05) is 12.6 Å². The summed E-state index contributed by atoms with van der Waals surface area (Å²) in [5, 5.41) is 4.37. The highest BCUT2D eigenvalue weighted by Crippen LogP contribution is 2.31. The molecule has 0 aliphatic carbocycles. The number of hydrogen-bond donors (Lipinski definition) is 0. The van der Waals surface area contributed by atoms with Crippen LogP contribution in [0, 0.1) is 6.92 Å². The Bertz CT molecular complexity index is 520. The predicted octanol–water partition coefficient (Wildman–Crippen LogP) is 3.17. The van der Waals surface area contributed by atoms with Crippen LogP contribution < -0.4 is 4.74 Å². The number of nitrogens with zero attached hydrogens (tertiary/aromatic N) is 2. The number of ether oxygens (including phenoxy) is 1. The molecule has 1 heterocycles. The monoisotopic (exact) mass is 280 g/mol. The Morgan fingerprint density at radius 3 is 2.69 bits per heavy atom. The van der Waals surface area contributed by atoms with E-state index in [4.69, 9.17) is 4.74 Å². The van der Waals surface area contributed by atoms with Gasteiger partial charge >= 0.3 is 0 Å². The van der Waals surface area contributed by atoms with E-state index in [1.165, 1.54) is 0 Å². The van der Waals surface area contributed by atoms with E-state index >= 15 is 0 Å². The van der Waals surface area contributed by atoms with Gasteiger partial charge in [0.25, 0.3) is 0 Å². The average Bonchev–Trinajstić information content (AvgIpc) is 2.53. The van der Waals surface area contributed by atoms with E-state index in [0.717, 1.165) is 27.2 Å². The Balaban J connectivity index is 2.58. The van der Waals surface area contributed by atoms with Gasteiger partial charge in [-0.1, -0.05) is 12.1 Å². The van der Waals surface area contributed by atoms with Crippen molar-refractivity contribution in [3.05, 3.63) is 34.4 Å². The van der Waals surface area contributed by atoms with Gasteiger partial charge in [-0.05, 0) is 35.0 Å². The SMILES string of the molecule is COc1cccc(-c2c(Br)c(C)nn2C)c1. The lowest BCUT2D eigenvalue weighted by Gasteiger charge is -2.05. The van der Waals surface area contributed by atoms with Crippen molar-refractivity contribution in [1.29, 1.82) is 0 Å². The Labute approximate surface area is 103 Å². The van der Waals surface area contributed by atoms with E-state index in [9.17, 15) is 0 Å². The fourth-order valence-corrected chi connectivity index (χ4v) is 2.28. The molecule has 84 valence electrons. The summed E-state index contributed by atoms with van der Waals surface area (Å²) in [6, 6.07) is 7.95. The molecule has 3 nitrogen and oxygen atoms in total. The van der Waals surface area contributed by atoms with Crippen LogP contribution in [0.15, 0.2) is 28.7 Å². The molecule has 16 heavy (non-hydrogen) atoms. The Kier molecular flexibility index (Phi) is 3.01. The molecule has 0 radical (unpaired) electrons. The zero-order chi connectivity index (χ0) is 11.7. The summed E-state index contributed by atoms with van der Waals surface area (Å²) < 4.78 is 8.12. The van der Waals surface area contributed by atoms with Crippen LogP contribution >= 0.6 is 15.9 Å². The lowest BCUT2D eigenvalue weighted by Crippen LogP contribution is -1.94. The molecule has 0 spiro atoms. The maximum absolute atomic E-state index is 5.22. The molecule has 2 rings (SSSR count). The van der Waals surface area contributed by atoms with Gasteiger partial charge in [0.1, 0.15) is 5.75 Å². The van der Waals surface area contributed by atoms with Crippen molar-refractivity contribution in [1.82, 2.24) is 9.78 Å². The molecule has 0 amide bonds. The second-order valence-corrected chi connectivity index (χ2v) is 4.40. The van der Waals surface area contributed by atoms with Crippen LogP contribution in [0.25, 0.3) is 11.3 Å². The van der Waals surface area contributed by atoms with Crippen LogP contribution in [-0.2, 0) is 7.05 Å². The summed E-state index contributed by atoms with van der Waals surface area (Å²) >= 11 is 3.56. The predicted molar refractivity (Wildman–Crippen MR) is 67.6 cm³/mol. The number of aromatic nitrogens is 2. The van der Waals surface area contributed by atoms with Crippen molar-refractivity contribution in [2.75, 3.05) is 7.11 Å². The summed E-state index contributed by atoms with van der Waals surface area (Å²) in [5.41, 5.74) is 3.14. The molecule has 0 unspecified atom stereocenters. The van der Waals surface area contributed by atoms with Crippen molar-refractivity contribution in [3.63, 3.8) is 0 Å². The van der Waals surface area contributed by atoms with Crippen molar-refractivity contribution >= 4 is 15.9 Å². The van der Waals surface area contributed by atoms with Crippen LogP contribution in [0.1, 0.15) is 5.69 Å². The zero-order valence-electron chi connectivity index (χ0n) is 9.49. The van der Waals surface area contributed by atoms with Crippen LogP contribution in [0.2, 0.25) is 0 Å². The lowest BCUT2D eigenvalue weighted by atomic mass is 10.1. The third-order valence-electron chi connectivity index (χ3n) is 2.49. The second kappa shape index (κ2) is 4.29. The maximum Gasteiger partial charge on any atom is 0.119 e. The van der Waals surface area contributed by atoms with E-state index < -0.39 is 0 Å². The van der Waals surface area contributed by atoms with Gasteiger partial charge in [-0.25, -0.2) is 0 Å². The first-order valence-corrected chi connectivity index (χ1v) is 5.76. The minimum absolute atomic E-state index is 0.850. The van der Waals surface area contributed by atoms with Gasteiger partial charge in [0.05, 0.1) is 23.0 Å². The number of rotatable bonds is 2. The molecular formula is C12H13BrN2O. The maximum atomic E-state index is 5.22. The minimum Gasteiger partial charge on any atom is -0.497 e. The molecule has 0 atom stereocenters. The Morgan fingerprint density at radius 2 is 2.12 bits per heavy atom. The van der Waals surface area contributed by atoms with Crippen molar-refractivity contribution in [3.8, 4) is 17.0 Å². The number of benzene rings is 1.